The van der Waals surface area contributed by atoms with Gasteiger partial charge >= 0.3 is 0 Å². The summed E-state index contributed by atoms with van der Waals surface area (Å²) in [6.45, 7) is 0. The van der Waals surface area contributed by atoms with Crippen LogP contribution in [-0.4, -0.2) is 11.9 Å². The van der Waals surface area contributed by atoms with Crippen molar-refractivity contribution in [3.05, 3.63) is 71.3 Å². The molecule has 1 amide bonds. The van der Waals surface area contributed by atoms with Gasteiger partial charge in [-0.25, -0.2) is 0 Å². The van der Waals surface area contributed by atoms with Gasteiger partial charge in [0.15, 0.2) is 0 Å². The summed E-state index contributed by atoms with van der Waals surface area (Å²) in [6.07, 6.45) is 5.95. The molecule has 2 heteroatoms. The van der Waals surface area contributed by atoms with E-state index < -0.39 is 0 Å². The van der Waals surface area contributed by atoms with Crippen LogP contribution in [0.15, 0.2) is 54.6 Å². The van der Waals surface area contributed by atoms with Gasteiger partial charge in [0.05, 0.1) is 0 Å². The van der Waals surface area contributed by atoms with Crippen molar-refractivity contribution in [1.29, 1.82) is 0 Å². The van der Waals surface area contributed by atoms with Crippen molar-refractivity contribution in [2.45, 2.75) is 38.1 Å². The second kappa shape index (κ2) is 6.19. The van der Waals surface area contributed by atoms with E-state index in [4.69, 9.17) is 0 Å². The van der Waals surface area contributed by atoms with Gasteiger partial charge in [0, 0.05) is 11.6 Å². The Morgan fingerprint density at radius 1 is 0.913 bits per heavy atom. The van der Waals surface area contributed by atoms with Gasteiger partial charge in [0.2, 0.25) is 0 Å². The molecule has 0 aromatic heterocycles. The van der Waals surface area contributed by atoms with E-state index in [0.717, 1.165) is 29.4 Å². The molecule has 0 spiro atoms. The van der Waals surface area contributed by atoms with Crippen molar-refractivity contribution < 1.29 is 4.79 Å². The number of rotatable bonds is 6. The minimum Gasteiger partial charge on any atom is -0.349 e. The predicted molar refractivity (Wildman–Crippen MR) is 92.4 cm³/mol. The van der Waals surface area contributed by atoms with Gasteiger partial charge in [0.1, 0.15) is 0 Å². The number of hydrogen-bond donors (Lipinski definition) is 1. The van der Waals surface area contributed by atoms with Crippen LogP contribution in [0.25, 0.3) is 0 Å². The molecule has 0 atom stereocenters. The third-order valence-corrected chi connectivity index (χ3v) is 5.06. The summed E-state index contributed by atoms with van der Waals surface area (Å²) in [5.74, 6) is 1.57. The molecular formula is C21H23NO. The first-order valence-electron chi connectivity index (χ1n) is 8.74. The highest BCUT2D eigenvalue weighted by Gasteiger charge is 2.42. The summed E-state index contributed by atoms with van der Waals surface area (Å²) in [5, 5.41) is 3.34. The van der Waals surface area contributed by atoms with Crippen LogP contribution in [0, 0.1) is 11.8 Å². The fourth-order valence-electron chi connectivity index (χ4n) is 3.47. The highest BCUT2D eigenvalue weighted by molar-refractivity contribution is 5.96. The van der Waals surface area contributed by atoms with Crippen LogP contribution >= 0.6 is 0 Å². The molecule has 0 bridgehead atoms. The van der Waals surface area contributed by atoms with Crippen LogP contribution in [0.1, 0.15) is 47.2 Å². The van der Waals surface area contributed by atoms with Gasteiger partial charge in [-0.2, -0.15) is 0 Å². The van der Waals surface area contributed by atoms with Crippen LogP contribution in [-0.2, 0) is 6.42 Å². The van der Waals surface area contributed by atoms with E-state index >= 15 is 0 Å². The molecule has 118 valence electrons. The van der Waals surface area contributed by atoms with Crippen molar-refractivity contribution in [3.63, 3.8) is 0 Å². The monoisotopic (exact) mass is 305 g/mol. The van der Waals surface area contributed by atoms with Crippen LogP contribution in [0.2, 0.25) is 0 Å². The maximum atomic E-state index is 12.8. The first-order chi connectivity index (χ1) is 11.3. The molecule has 0 radical (unpaired) electrons. The summed E-state index contributed by atoms with van der Waals surface area (Å²) in [5.41, 5.74) is 3.19. The zero-order valence-corrected chi connectivity index (χ0v) is 13.4. The van der Waals surface area contributed by atoms with Crippen molar-refractivity contribution in [3.8, 4) is 0 Å². The Morgan fingerprint density at radius 3 is 2.17 bits per heavy atom. The molecule has 1 N–H and O–H groups in total. The maximum Gasteiger partial charge on any atom is 0.251 e. The zero-order valence-electron chi connectivity index (χ0n) is 13.4. The van der Waals surface area contributed by atoms with E-state index in [0.29, 0.717) is 6.04 Å². The lowest BCUT2D eigenvalue weighted by Gasteiger charge is -2.19. The summed E-state index contributed by atoms with van der Waals surface area (Å²) in [4.78, 5) is 12.8. The number of carbonyl (C=O) groups excluding carboxylic acids is 1. The normalized spacial score (nSPS) is 17.3. The summed E-state index contributed by atoms with van der Waals surface area (Å²) in [7, 11) is 0. The van der Waals surface area contributed by atoms with Crippen LogP contribution in [0.3, 0.4) is 0 Å². The second-order valence-corrected chi connectivity index (χ2v) is 6.99. The Labute approximate surface area is 137 Å². The van der Waals surface area contributed by atoms with Gasteiger partial charge in [-0.05, 0) is 61.1 Å². The van der Waals surface area contributed by atoms with E-state index in [1.807, 2.05) is 36.4 Å². The molecule has 2 fully saturated rings. The Morgan fingerprint density at radius 2 is 1.52 bits per heavy atom. The van der Waals surface area contributed by atoms with E-state index in [1.54, 1.807) is 0 Å². The molecule has 0 saturated heterocycles. The van der Waals surface area contributed by atoms with Crippen LogP contribution < -0.4 is 5.32 Å². The van der Waals surface area contributed by atoms with Crippen molar-refractivity contribution >= 4 is 5.91 Å². The molecule has 2 aromatic rings. The number of hydrogen-bond acceptors (Lipinski definition) is 1. The number of amides is 1. The summed E-state index contributed by atoms with van der Waals surface area (Å²) < 4.78 is 0. The van der Waals surface area contributed by atoms with Gasteiger partial charge < -0.3 is 5.32 Å². The third kappa shape index (κ3) is 3.47. The van der Waals surface area contributed by atoms with Crippen molar-refractivity contribution in [2.75, 3.05) is 0 Å². The van der Waals surface area contributed by atoms with Gasteiger partial charge in [0.25, 0.3) is 5.91 Å². The Kier molecular flexibility index (Phi) is 3.90. The van der Waals surface area contributed by atoms with E-state index in [-0.39, 0.29) is 5.91 Å². The molecule has 2 aliphatic carbocycles. The number of benzene rings is 2. The average Bonchev–Trinajstić information content (AvgIpc) is 3.48. The van der Waals surface area contributed by atoms with Gasteiger partial charge in [-0.15, -0.1) is 0 Å². The number of carbonyl (C=O) groups is 1. The highest BCUT2D eigenvalue weighted by atomic mass is 16.1. The standard InChI is InChI=1S/C21H23NO/c23-21(22-20(16-10-11-16)17-12-13-17)19-9-5-4-8-18(19)14-15-6-2-1-3-7-15/h1-9,16-17,20H,10-14H2,(H,22,23). The topological polar surface area (TPSA) is 29.1 Å². The fraction of sp³-hybridized carbons (Fsp3) is 0.381. The molecule has 0 heterocycles. The fourth-order valence-corrected chi connectivity index (χ4v) is 3.47. The Hall–Kier alpha value is -2.09. The molecule has 2 aromatic carbocycles. The zero-order chi connectivity index (χ0) is 15.6. The molecule has 2 aliphatic rings. The molecule has 2 saturated carbocycles. The molecule has 23 heavy (non-hydrogen) atoms. The van der Waals surface area contributed by atoms with E-state index in [1.165, 1.54) is 31.2 Å². The van der Waals surface area contributed by atoms with Crippen LogP contribution in [0.5, 0.6) is 0 Å². The molecule has 0 unspecified atom stereocenters. The van der Waals surface area contributed by atoms with Crippen LogP contribution in [0.4, 0.5) is 0 Å². The summed E-state index contributed by atoms with van der Waals surface area (Å²) in [6, 6.07) is 18.8. The summed E-state index contributed by atoms with van der Waals surface area (Å²) >= 11 is 0. The lowest BCUT2D eigenvalue weighted by atomic mass is 9.98. The van der Waals surface area contributed by atoms with E-state index in [2.05, 4.69) is 23.5 Å². The first-order valence-corrected chi connectivity index (χ1v) is 8.74. The lowest BCUT2D eigenvalue weighted by molar-refractivity contribution is 0.0925. The lowest BCUT2D eigenvalue weighted by Crippen LogP contribution is -2.38. The largest absolute Gasteiger partial charge is 0.349 e. The highest BCUT2D eigenvalue weighted by Crippen LogP contribution is 2.44. The minimum atomic E-state index is 0.111. The van der Waals surface area contributed by atoms with Gasteiger partial charge in [-0.3, -0.25) is 4.79 Å². The maximum absolute atomic E-state index is 12.8. The molecule has 4 rings (SSSR count). The number of nitrogens with one attached hydrogen (secondary N) is 1. The van der Waals surface area contributed by atoms with Crippen molar-refractivity contribution in [2.24, 2.45) is 11.8 Å². The Bertz CT molecular complexity index is 674. The second-order valence-electron chi connectivity index (χ2n) is 6.99. The average molecular weight is 305 g/mol. The molecule has 2 nitrogen and oxygen atoms in total. The molecule has 0 aliphatic heterocycles. The predicted octanol–water partition coefficient (Wildman–Crippen LogP) is 4.20. The Balaban J connectivity index is 1.52. The smallest absolute Gasteiger partial charge is 0.251 e. The first kappa shape index (κ1) is 14.5. The molecular weight excluding hydrogens is 282 g/mol. The van der Waals surface area contributed by atoms with E-state index in [9.17, 15) is 4.79 Å². The SMILES string of the molecule is O=C(NC(C1CC1)C1CC1)c1ccccc1Cc1ccccc1. The van der Waals surface area contributed by atoms with Crippen molar-refractivity contribution in [1.82, 2.24) is 5.32 Å². The quantitative estimate of drug-likeness (QED) is 0.851. The van der Waals surface area contributed by atoms with Gasteiger partial charge in [-0.1, -0.05) is 48.5 Å². The minimum absolute atomic E-state index is 0.111. The third-order valence-electron chi connectivity index (χ3n) is 5.06.